The summed E-state index contributed by atoms with van der Waals surface area (Å²) in [6.45, 7) is 2.36. The van der Waals surface area contributed by atoms with Gasteiger partial charge in [0, 0.05) is 42.1 Å². The summed E-state index contributed by atoms with van der Waals surface area (Å²) in [6.07, 6.45) is 3.24. The fourth-order valence-electron chi connectivity index (χ4n) is 1.93. The summed E-state index contributed by atoms with van der Waals surface area (Å²) in [6, 6.07) is 1.69. The largest absolute Gasteiger partial charge is 0.370 e. The molecule has 1 aliphatic rings. The Labute approximate surface area is 100 Å². The van der Waals surface area contributed by atoms with Crippen LogP contribution in [0.3, 0.4) is 0 Å². The average molecular weight is 242 g/mol. The van der Waals surface area contributed by atoms with E-state index < -0.39 is 0 Å². The highest BCUT2D eigenvalue weighted by molar-refractivity contribution is 6.31. The first-order valence-electron chi connectivity index (χ1n) is 5.33. The summed E-state index contributed by atoms with van der Waals surface area (Å²) in [5.41, 5.74) is 7.00. The maximum atomic E-state index is 6.12. The van der Waals surface area contributed by atoms with Crippen molar-refractivity contribution in [3.63, 3.8) is 0 Å². The second-order valence-corrected chi connectivity index (χ2v) is 4.52. The molecule has 16 heavy (non-hydrogen) atoms. The molecule has 5 heteroatoms. The maximum absolute atomic E-state index is 6.12. The fraction of sp³-hybridized carbons (Fsp3) is 0.545. The van der Waals surface area contributed by atoms with Crippen LogP contribution >= 0.6 is 11.6 Å². The standard InChI is InChI=1S/C11H16ClN3O/c1-15-4-5-16-11(10(13)7-15)8-6-14-3-2-9(8)12/h2-3,6,10-11H,4-5,7,13H2,1H3. The predicted molar refractivity (Wildman–Crippen MR) is 63.4 cm³/mol. The molecule has 0 radical (unpaired) electrons. The Hall–Kier alpha value is -0.680. The number of rotatable bonds is 1. The number of pyridine rings is 1. The predicted octanol–water partition coefficient (Wildman–Crippen LogP) is 1.07. The van der Waals surface area contributed by atoms with E-state index in [1.54, 1.807) is 18.5 Å². The Morgan fingerprint density at radius 1 is 1.62 bits per heavy atom. The second-order valence-electron chi connectivity index (χ2n) is 4.11. The first kappa shape index (κ1) is 11.8. The highest BCUT2D eigenvalue weighted by Crippen LogP contribution is 2.28. The molecule has 1 fully saturated rings. The van der Waals surface area contributed by atoms with E-state index in [9.17, 15) is 0 Å². The van der Waals surface area contributed by atoms with Crippen molar-refractivity contribution < 1.29 is 4.74 Å². The monoisotopic (exact) mass is 241 g/mol. The molecule has 0 bridgehead atoms. The van der Waals surface area contributed by atoms with Gasteiger partial charge in [-0.25, -0.2) is 0 Å². The van der Waals surface area contributed by atoms with E-state index in [-0.39, 0.29) is 12.1 Å². The van der Waals surface area contributed by atoms with Gasteiger partial charge in [0.2, 0.25) is 0 Å². The van der Waals surface area contributed by atoms with Crippen LogP contribution < -0.4 is 5.73 Å². The lowest BCUT2D eigenvalue weighted by Gasteiger charge is -2.23. The molecule has 0 amide bonds. The molecule has 0 spiro atoms. The Bertz CT molecular complexity index is 361. The molecule has 0 saturated carbocycles. The van der Waals surface area contributed by atoms with Crippen LogP contribution in [0.15, 0.2) is 18.5 Å². The van der Waals surface area contributed by atoms with Crippen LogP contribution in [0.2, 0.25) is 5.02 Å². The molecule has 2 atom stereocenters. The molecule has 2 N–H and O–H groups in total. The number of aromatic nitrogens is 1. The zero-order valence-electron chi connectivity index (χ0n) is 9.27. The Morgan fingerprint density at radius 2 is 2.44 bits per heavy atom. The van der Waals surface area contributed by atoms with Crippen LogP contribution in [0.5, 0.6) is 0 Å². The minimum atomic E-state index is -0.161. The van der Waals surface area contributed by atoms with Gasteiger partial charge in [0.25, 0.3) is 0 Å². The average Bonchev–Trinajstić information content (AvgIpc) is 2.40. The smallest absolute Gasteiger partial charge is 0.102 e. The second kappa shape index (κ2) is 5.10. The summed E-state index contributed by atoms with van der Waals surface area (Å²) in [4.78, 5) is 6.23. The zero-order chi connectivity index (χ0) is 11.5. The Kier molecular flexibility index (Phi) is 3.76. The van der Waals surface area contributed by atoms with Gasteiger partial charge in [-0.05, 0) is 13.1 Å². The van der Waals surface area contributed by atoms with Crippen molar-refractivity contribution in [3.05, 3.63) is 29.0 Å². The van der Waals surface area contributed by atoms with Gasteiger partial charge in [0.05, 0.1) is 6.61 Å². The highest BCUT2D eigenvalue weighted by atomic mass is 35.5. The quantitative estimate of drug-likeness (QED) is 0.799. The van der Waals surface area contributed by atoms with E-state index in [1.807, 2.05) is 7.05 Å². The van der Waals surface area contributed by atoms with Gasteiger partial charge in [-0.1, -0.05) is 11.6 Å². The Morgan fingerprint density at radius 3 is 3.19 bits per heavy atom. The van der Waals surface area contributed by atoms with Crippen molar-refractivity contribution in [1.82, 2.24) is 9.88 Å². The van der Waals surface area contributed by atoms with Gasteiger partial charge in [0.1, 0.15) is 6.10 Å². The lowest BCUT2D eigenvalue weighted by molar-refractivity contribution is 0.0519. The normalized spacial score (nSPS) is 27.7. The third kappa shape index (κ3) is 2.52. The van der Waals surface area contributed by atoms with Crippen LogP contribution in [0.25, 0.3) is 0 Å². The van der Waals surface area contributed by atoms with Crippen molar-refractivity contribution in [3.8, 4) is 0 Å². The topological polar surface area (TPSA) is 51.4 Å². The summed E-state index contributed by atoms with van der Waals surface area (Å²) in [5, 5.41) is 0.667. The molecule has 4 nitrogen and oxygen atoms in total. The number of halogens is 1. The van der Waals surface area contributed by atoms with Crippen molar-refractivity contribution >= 4 is 11.6 Å². The lowest BCUT2D eigenvalue weighted by Crippen LogP contribution is -2.37. The van der Waals surface area contributed by atoms with Crippen molar-refractivity contribution in [2.45, 2.75) is 12.1 Å². The highest BCUT2D eigenvalue weighted by Gasteiger charge is 2.26. The van der Waals surface area contributed by atoms with Crippen molar-refractivity contribution in [1.29, 1.82) is 0 Å². The number of nitrogens with zero attached hydrogens (tertiary/aromatic N) is 2. The molecule has 0 aliphatic carbocycles. The molecule has 1 aromatic rings. The fourth-order valence-corrected chi connectivity index (χ4v) is 2.14. The van der Waals surface area contributed by atoms with Gasteiger partial charge in [-0.3, -0.25) is 4.98 Å². The molecule has 1 saturated heterocycles. The van der Waals surface area contributed by atoms with Crippen LogP contribution in [0, 0.1) is 0 Å². The minimum absolute atomic E-state index is 0.0748. The van der Waals surface area contributed by atoms with Crippen molar-refractivity contribution in [2.75, 3.05) is 26.7 Å². The summed E-state index contributed by atoms with van der Waals surface area (Å²) in [5.74, 6) is 0. The van der Waals surface area contributed by atoms with Crippen molar-refractivity contribution in [2.24, 2.45) is 5.73 Å². The van der Waals surface area contributed by atoms with E-state index in [0.29, 0.717) is 11.6 Å². The number of ether oxygens (including phenoxy) is 1. The van der Waals surface area contributed by atoms with Gasteiger partial charge in [-0.15, -0.1) is 0 Å². The van der Waals surface area contributed by atoms with E-state index in [4.69, 9.17) is 22.1 Å². The van der Waals surface area contributed by atoms with Gasteiger partial charge < -0.3 is 15.4 Å². The molecular weight excluding hydrogens is 226 g/mol. The van der Waals surface area contributed by atoms with Gasteiger partial charge in [0.15, 0.2) is 0 Å². The molecular formula is C11H16ClN3O. The third-order valence-corrected chi connectivity index (χ3v) is 3.13. The van der Waals surface area contributed by atoms with E-state index >= 15 is 0 Å². The van der Waals surface area contributed by atoms with E-state index in [1.165, 1.54) is 0 Å². The minimum Gasteiger partial charge on any atom is -0.370 e. The molecule has 88 valence electrons. The molecule has 1 aliphatic heterocycles. The SMILES string of the molecule is CN1CCOC(c2cnccc2Cl)C(N)C1. The first-order valence-corrected chi connectivity index (χ1v) is 5.71. The Balaban J connectivity index is 2.22. The van der Waals surface area contributed by atoms with E-state index in [2.05, 4.69) is 9.88 Å². The summed E-state index contributed by atoms with van der Waals surface area (Å²) in [7, 11) is 2.04. The van der Waals surface area contributed by atoms with Gasteiger partial charge >= 0.3 is 0 Å². The molecule has 0 aromatic carbocycles. The van der Waals surface area contributed by atoms with E-state index in [0.717, 1.165) is 18.7 Å². The first-order chi connectivity index (χ1) is 7.68. The summed E-state index contributed by atoms with van der Waals surface area (Å²) >= 11 is 6.12. The molecule has 2 heterocycles. The van der Waals surface area contributed by atoms with Crippen LogP contribution in [0.4, 0.5) is 0 Å². The molecule has 2 unspecified atom stereocenters. The zero-order valence-corrected chi connectivity index (χ0v) is 10.0. The van der Waals surface area contributed by atoms with Crippen LogP contribution in [-0.2, 0) is 4.74 Å². The van der Waals surface area contributed by atoms with Crippen LogP contribution in [-0.4, -0.2) is 42.7 Å². The number of nitrogens with two attached hydrogens (primary N) is 1. The van der Waals surface area contributed by atoms with Crippen LogP contribution in [0.1, 0.15) is 11.7 Å². The third-order valence-electron chi connectivity index (χ3n) is 2.78. The molecule has 1 aromatic heterocycles. The number of hydrogen-bond donors (Lipinski definition) is 1. The maximum Gasteiger partial charge on any atom is 0.102 e. The summed E-state index contributed by atoms with van der Waals surface area (Å²) < 4.78 is 5.76. The van der Waals surface area contributed by atoms with Gasteiger partial charge in [-0.2, -0.15) is 0 Å². The lowest BCUT2D eigenvalue weighted by atomic mass is 10.0. The number of likely N-dealkylation sites (N-methyl/N-ethyl adjacent to an activating group) is 1. The number of hydrogen-bond acceptors (Lipinski definition) is 4. The molecule has 2 rings (SSSR count).